The van der Waals surface area contributed by atoms with Crippen LogP contribution in [0.15, 0.2) is 45.6 Å². The number of likely N-dealkylation sites (tertiary alicyclic amines) is 1. The summed E-state index contributed by atoms with van der Waals surface area (Å²) in [6.07, 6.45) is 5.12. The van der Waals surface area contributed by atoms with E-state index in [0.29, 0.717) is 28.0 Å². The van der Waals surface area contributed by atoms with Gasteiger partial charge in [-0.25, -0.2) is 0 Å². The Morgan fingerprint density at radius 3 is 2.35 bits per heavy atom. The first-order chi connectivity index (χ1) is 16.6. The Kier molecular flexibility index (Phi) is 7.75. The first kappa shape index (κ1) is 24.1. The van der Waals surface area contributed by atoms with Gasteiger partial charge in [0.15, 0.2) is 17.1 Å². The van der Waals surface area contributed by atoms with E-state index in [2.05, 4.69) is 16.8 Å². The Morgan fingerprint density at radius 2 is 1.71 bits per heavy atom. The molecule has 1 aliphatic heterocycles. The number of benzene rings is 2. The first-order valence-electron chi connectivity index (χ1n) is 11.9. The smallest absolute Gasteiger partial charge is 0.235 e. The number of methoxy groups -OCH3 is 2. The zero-order valence-electron chi connectivity index (χ0n) is 20.3. The molecule has 2 heterocycles. The van der Waals surface area contributed by atoms with E-state index >= 15 is 0 Å². The number of piperidine rings is 1. The Labute approximate surface area is 200 Å². The second-order valence-electron chi connectivity index (χ2n) is 8.81. The largest absolute Gasteiger partial charge is 0.492 e. The number of anilines is 1. The first-order valence-corrected chi connectivity index (χ1v) is 11.9. The van der Waals surface area contributed by atoms with E-state index in [1.807, 2.05) is 24.3 Å². The van der Waals surface area contributed by atoms with Crippen molar-refractivity contribution in [1.29, 1.82) is 0 Å². The van der Waals surface area contributed by atoms with E-state index in [1.54, 1.807) is 12.1 Å². The van der Waals surface area contributed by atoms with Gasteiger partial charge in [0.2, 0.25) is 11.2 Å². The second-order valence-corrected chi connectivity index (χ2v) is 8.81. The summed E-state index contributed by atoms with van der Waals surface area (Å²) in [5, 5.41) is 10.00. The minimum absolute atomic E-state index is 0.147. The highest BCUT2D eigenvalue weighted by molar-refractivity contribution is 5.87. The van der Waals surface area contributed by atoms with Gasteiger partial charge in [0, 0.05) is 30.4 Å². The Morgan fingerprint density at radius 1 is 1.00 bits per heavy atom. The van der Waals surface area contributed by atoms with E-state index in [0.717, 1.165) is 30.8 Å². The van der Waals surface area contributed by atoms with E-state index in [9.17, 15) is 9.90 Å². The predicted molar refractivity (Wildman–Crippen MR) is 135 cm³/mol. The van der Waals surface area contributed by atoms with Gasteiger partial charge in [-0.1, -0.05) is 12.5 Å². The number of aliphatic hydroxyl groups excluding tert-OH is 1. The fraction of sp³-hybridized carbons (Fsp3) is 0.444. The van der Waals surface area contributed by atoms with Crippen LogP contribution in [0, 0.1) is 0 Å². The third kappa shape index (κ3) is 4.91. The van der Waals surface area contributed by atoms with Crippen molar-refractivity contribution in [3.63, 3.8) is 0 Å². The highest BCUT2D eigenvalue weighted by Gasteiger charge is 2.21. The standard InChI is InChI=1S/C27H34N2O5/c1-28(14-7-17-29-15-5-4-6-16-29)21-11-8-19(9-12-21)25-27(33-3)23(31)22-13-10-20(18-30)24(32-2)26(22)34-25/h8-13,30H,4-7,14-18H2,1-3H3. The topological polar surface area (TPSA) is 75.4 Å². The fourth-order valence-corrected chi connectivity index (χ4v) is 4.69. The number of ether oxygens (including phenoxy) is 2. The van der Waals surface area contributed by atoms with Crippen molar-refractivity contribution in [2.45, 2.75) is 32.3 Å². The average Bonchev–Trinajstić information content (AvgIpc) is 2.88. The third-order valence-corrected chi connectivity index (χ3v) is 6.62. The van der Waals surface area contributed by atoms with Crippen LogP contribution in [0.4, 0.5) is 5.69 Å². The summed E-state index contributed by atoms with van der Waals surface area (Å²) < 4.78 is 17.1. The van der Waals surface area contributed by atoms with Gasteiger partial charge >= 0.3 is 0 Å². The summed E-state index contributed by atoms with van der Waals surface area (Å²) in [5.74, 6) is 0.840. The van der Waals surface area contributed by atoms with Crippen LogP contribution in [0.2, 0.25) is 0 Å². The van der Waals surface area contributed by atoms with E-state index in [1.165, 1.54) is 46.6 Å². The SMILES string of the molecule is COc1c(-c2ccc(N(C)CCCN3CCCCC3)cc2)oc2c(OC)c(CO)ccc2c1=O. The number of fused-ring (bicyclic) bond motifs is 1. The van der Waals surface area contributed by atoms with Crippen LogP contribution < -0.4 is 19.8 Å². The quantitative estimate of drug-likeness (QED) is 0.504. The summed E-state index contributed by atoms with van der Waals surface area (Å²) >= 11 is 0. The molecule has 7 heteroatoms. The van der Waals surface area contributed by atoms with Crippen LogP contribution in [-0.4, -0.2) is 57.5 Å². The summed E-state index contributed by atoms with van der Waals surface area (Å²) in [6, 6.07) is 11.2. The van der Waals surface area contributed by atoms with Crippen LogP contribution in [0.25, 0.3) is 22.3 Å². The maximum absolute atomic E-state index is 13.1. The fourth-order valence-electron chi connectivity index (χ4n) is 4.69. The number of aliphatic hydroxyl groups is 1. The van der Waals surface area contributed by atoms with Gasteiger partial charge in [-0.2, -0.15) is 0 Å². The zero-order valence-corrected chi connectivity index (χ0v) is 20.3. The number of nitrogens with zero attached hydrogens (tertiary/aromatic N) is 2. The predicted octanol–water partition coefficient (Wildman–Crippen LogP) is 4.28. The average molecular weight is 467 g/mol. The molecule has 0 aliphatic carbocycles. The molecule has 0 bridgehead atoms. The van der Waals surface area contributed by atoms with Gasteiger partial charge in [0.25, 0.3) is 0 Å². The van der Waals surface area contributed by atoms with Crippen LogP contribution in [0.1, 0.15) is 31.2 Å². The second kappa shape index (κ2) is 10.9. The Balaban J connectivity index is 1.58. The molecule has 0 amide bonds. The lowest BCUT2D eigenvalue weighted by atomic mass is 10.1. The van der Waals surface area contributed by atoms with E-state index in [-0.39, 0.29) is 17.8 Å². The maximum Gasteiger partial charge on any atom is 0.235 e. The molecule has 1 N–H and O–H groups in total. The number of hydrogen-bond acceptors (Lipinski definition) is 7. The highest BCUT2D eigenvalue weighted by atomic mass is 16.5. The van der Waals surface area contributed by atoms with Crippen molar-refractivity contribution >= 4 is 16.7 Å². The molecule has 34 heavy (non-hydrogen) atoms. The Hall–Kier alpha value is -3.03. The molecular formula is C27H34N2O5. The molecule has 0 spiro atoms. The third-order valence-electron chi connectivity index (χ3n) is 6.62. The van der Waals surface area contributed by atoms with Gasteiger partial charge in [-0.05, 0) is 69.2 Å². The summed E-state index contributed by atoms with van der Waals surface area (Å²) in [7, 11) is 5.06. The van der Waals surface area contributed by atoms with Crippen molar-refractivity contribution in [3.05, 3.63) is 52.2 Å². The van der Waals surface area contributed by atoms with Crippen molar-refractivity contribution in [2.75, 3.05) is 52.3 Å². The van der Waals surface area contributed by atoms with Gasteiger partial charge < -0.3 is 28.8 Å². The molecular weight excluding hydrogens is 432 g/mol. The van der Waals surface area contributed by atoms with Crippen LogP contribution in [0.3, 0.4) is 0 Å². The molecule has 182 valence electrons. The molecule has 3 aromatic rings. The van der Waals surface area contributed by atoms with Crippen LogP contribution in [-0.2, 0) is 6.61 Å². The molecule has 1 aromatic heterocycles. The van der Waals surface area contributed by atoms with Gasteiger partial charge in [0.1, 0.15) is 0 Å². The molecule has 0 saturated carbocycles. The summed E-state index contributed by atoms with van der Waals surface area (Å²) in [5.41, 5.74) is 2.41. The molecule has 4 rings (SSSR count). The monoisotopic (exact) mass is 466 g/mol. The molecule has 0 atom stereocenters. The van der Waals surface area contributed by atoms with Crippen molar-refractivity contribution in [2.24, 2.45) is 0 Å². The normalized spacial score (nSPS) is 14.4. The van der Waals surface area contributed by atoms with Crippen molar-refractivity contribution in [3.8, 4) is 22.8 Å². The van der Waals surface area contributed by atoms with Crippen LogP contribution >= 0.6 is 0 Å². The molecule has 1 aliphatic rings. The summed E-state index contributed by atoms with van der Waals surface area (Å²) in [6.45, 7) is 4.34. The van der Waals surface area contributed by atoms with Crippen LogP contribution in [0.5, 0.6) is 11.5 Å². The van der Waals surface area contributed by atoms with Gasteiger partial charge in [-0.3, -0.25) is 4.79 Å². The lowest BCUT2D eigenvalue weighted by Gasteiger charge is -2.27. The molecule has 7 nitrogen and oxygen atoms in total. The summed E-state index contributed by atoms with van der Waals surface area (Å²) in [4.78, 5) is 17.9. The lowest BCUT2D eigenvalue weighted by Crippen LogP contribution is -2.32. The maximum atomic E-state index is 13.1. The lowest BCUT2D eigenvalue weighted by molar-refractivity contribution is 0.227. The van der Waals surface area contributed by atoms with Crippen molar-refractivity contribution in [1.82, 2.24) is 4.90 Å². The van der Waals surface area contributed by atoms with Gasteiger partial charge in [0.05, 0.1) is 26.2 Å². The minimum Gasteiger partial charge on any atom is -0.492 e. The molecule has 2 aromatic carbocycles. The molecule has 0 radical (unpaired) electrons. The molecule has 1 saturated heterocycles. The minimum atomic E-state index is -0.277. The number of rotatable bonds is 9. The Bertz CT molecular complexity index is 1170. The number of hydrogen-bond donors (Lipinski definition) is 1. The van der Waals surface area contributed by atoms with E-state index < -0.39 is 0 Å². The van der Waals surface area contributed by atoms with Crippen molar-refractivity contribution < 1.29 is 19.0 Å². The molecule has 0 unspecified atom stereocenters. The zero-order chi connectivity index (χ0) is 24.1. The van der Waals surface area contributed by atoms with E-state index in [4.69, 9.17) is 13.9 Å². The molecule has 1 fully saturated rings. The highest BCUT2D eigenvalue weighted by Crippen LogP contribution is 2.36. The van der Waals surface area contributed by atoms with Gasteiger partial charge in [-0.15, -0.1) is 0 Å².